The first-order chi connectivity index (χ1) is 13.8. The second kappa shape index (κ2) is 8.92. The summed E-state index contributed by atoms with van der Waals surface area (Å²) >= 11 is 0. The fourth-order valence-electron chi connectivity index (χ4n) is 3.37. The Morgan fingerprint density at radius 2 is 1.86 bits per heavy atom. The highest BCUT2D eigenvalue weighted by Crippen LogP contribution is 2.21. The maximum Gasteiger partial charge on any atom is 0.253 e. The fourth-order valence-corrected chi connectivity index (χ4v) is 4.83. The zero-order valence-corrected chi connectivity index (χ0v) is 17.9. The number of carbonyl (C=O) groups is 1. The van der Waals surface area contributed by atoms with Crippen LogP contribution in [0.3, 0.4) is 0 Å². The van der Waals surface area contributed by atoms with Gasteiger partial charge in [0.05, 0.1) is 11.4 Å². The molecule has 0 saturated carbocycles. The summed E-state index contributed by atoms with van der Waals surface area (Å²) in [5.74, 6) is 0.431. The van der Waals surface area contributed by atoms with Crippen molar-refractivity contribution in [2.75, 3.05) is 26.2 Å². The van der Waals surface area contributed by atoms with E-state index in [9.17, 15) is 13.2 Å². The number of hydrogen-bond acceptors (Lipinski definition) is 5. The number of benzene rings is 1. The van der Waals surface area contributed by atoms with Crippen LogP contribution in [0.15, 0.2) is 47.5 Å². The molecular formula is C21H27N3O4S. The van der Waals surface area contributed by atoms with Crippen LogP contribution in [0.2, 0.25) is 0 Å². The first kappa shape index (κ1) is 21.3. The van der Waals surface area contributed by atoms with Gasteiger partial charge in [-0.25, -0.2) is 13.4 Å². The average Bonchev–Trinajstić information content (AvgIpc) is 3.18. The minimum absolute atomic E-state index is 0.100. The van der Waals surface area contributed by atoms with Gasteiger partial charge in [-0.3, -0.25) is 4.79 Å². The van der Waals surface area contributed by atoms with Gasteiger partial charge in [-0.15, -0.1) is 0 Å². The zero-order chi connectivity index (χ0) is 21.0. The Balaban J connectivity index is 1.64. The number of carbonyl (C=O) groups excluding carboxylic acids is 1. The second-order valence-electron chi connectivity index (χ2n) is 7.07. The van der Waals surface area contributed by atoms with E-state index in [0.29, 0.717) is 37.6 Å². The van der Waals surface area contributed by atoms with E-state index in [-0.39, 0.29) is 16.9 Å². The van der Waals surface area contributed by atoms with E-state index in [4.69, 9.17) is 4.74 Å². The van der Waals surface area contributed by atoms with Gasteiger partial charge >= 0.3 is 0 Å². The molecule has 1 aromatic carbocycles. The topological polar surface area (TPSA) is 79.8 Å². The molecule has 0 N–H and O–H groups in total. The lowest BCUT2D eigenvalue weighted by Gasteiger charge is -2.19. The SMILES string of the molecule is CCN(CC)S(=O)(=O)c1ccc(C(=O)N2CCC(Oc3ccc(C)cn3)C2)cc1. The van der Waals surface area contributed by atoms with Gasteiger partial charge in [-0.1, -0.05) is 19.9 Å². The average molecular weight is 418 g/mol. The molecule has 0 bridgehead atoms. The molecule has 3 rings (SSSR count). The van der Waals surface area contributed by atoms with Crippen LogP contribution in [0.5, 0.6) is 5.88 Å². The van der Waals surface area contributed by atoms with E-state index >= 15 is 0 Å². The first-order valence-electron chi connectivity index (χ1n) is 9.84. The van der Waals surface area contributed by atoms with Crippen molar-refractivity contribution in [1.82, 2.24) is 14.2 Å². The van der Waals surface area contributed by atoms with Crippen molar-refractivity contribution >= 4 is 15.9 Å². The van der Waals surface area contributed by atoms with Crippen molar-refractivity contribution in [1.29, 1.82) is 0 Å². The number of ether oxygens (including phenoxy) is 1. The van der Waals surface area contributed by atoms with Crippen LogP contribution in [0.25, 0.3) is 0 Å². The third-order valence-corrected chi connectivity index (χ3v) is 7.11. The smallest absolute Gasteiger partial charge is 0.253 e. The Morgan fingerprint density at radius 1 is 1.17 bits per heavy atom. The van der Waals surface area contributed by atoms with Crippen molar-refractivity contribution in [3.63, 3.8) is 0 Å². The lowest BCUT2D eigenvalue weighted by atomic mass is 10.2. The summed E-state index contributed by atoms with van der Waals surface area (Å²) in [5.41, 5.74) is 1.53. The van der Waals surface area contributed by atoms with Crippen molar-refractivity contribution in [3.8, 4) is 5.88 Å². The minimum atomic E-state index is -3.53. The number of rotatable bonds is 7. The summed E-state index contributed by atoms with van der Waals surface area (Å²) in [6.45, 7) is 7.46. The number of amides is 1. The Bertz CT molecular complexity index is 939. The number of aryl methyl sites for hydroxylation is 1. The second-order valence-corrected chi connectivity index (χ2v) is 9.01. The van der Waals surface area contributed by atoms with Gasteiger partial charge in [0.2, 0.25) is 15.9 Å². The molecular weight excluding hydrogens is 390 g/mol. The molecule has 156 valence electrons. The van der Waals surface area contributed by atoms with E-state index in [2.05, 4.69) is 4.98 Å². The van der Waals surface area contributed by atoms with E-state index < -0.39 is 10.0 Å². The van der Waals surface area contributed by atoms with Crippen LogP contribution in [0.4, 0.5) is 0 Å². The molecule has 1 amide bonds. The monoisotopic (exact) mass is 417 g/mol. The molecule has 2 heterocycles. The van der Waals surface area contributed by atoms with Crippen molar-refractivity contribution in [3.05, 3.63) is 53.7 Å². The maximum atomic E-state index is 12.8. The van der Waals surface area contributed by atoms with Crippen LogP contribution in [0.1, 0.15) is 36.2 Å². The van der Waals surface area contributed by atoms with Gasteiger partial charge in [0.1, 0.15) is 6.10 Å². The van der Waals surface area contributed by atoms with Gasteiger partial charge in [-0.2, -0.15) is 4.31 Å². The van der Waals surface area contributed by atoms with E-state index in [1.807, 2.05) is 19.1 Å². The van der Waals surface area contributed by atoms with Crippen molar-refractivity contribution in [2.45, 2.75) is 38.2 Å². The van der Waals surface area contributed by atoms with Crippen LogP contribution >= 0.6 is 0 Å². The molecule has 29 heavy (non-hydrogen) atoms. The molecule has 1 aromatic heterocycles. The summed E-state index contributed by atoms with van der Waals surface area (Å²) in [6.07, 6.45) is 2.38. The minimum Gasteiger partial charge on any atom is -0.472 e. The number of hydrogen-bond donors (Lipinski definition) is 0. The Morgan fingerprint density at radius 3 is 2.45 bits per heavy atom. The molecule has 1 unspecified atom stereocenters. The van der Waals surface area contributed by atoms with Crippen molar-refractivity contribution < 1.29 is 17.9 Å². The van der Waals surface area contributed by atoms with Gasteiger partial charge in [0.25, 0.3) is 5.91 Å². The Hall–Kier alpha value is -2.45. The molecule has 0 spiro atoms. The lowest BCUT2D eigenvalue weighted by molar-refractivity contribution is 0.0771. The predicted octanol–water partition coefficient (Wildman–Crippen LogP) is 2.71. The summed E-state index contributed by atoms with van der Waals surface area (Å²) in [5, 5.41) is 0. The van der Waals surface area contributed by atoms with Gasteiger partial charge < -0.3 is 9.64 Å². The summed E-state index contributed by atoms with van der Waals surface area (Å²) in [7, 11) is -3.53. The van der Waals surface area contributed by atoms with Gasteiger partial charge in [-0.05, 0) is 36.8 Å². The number of pyridine rings is 1. The number of nitrogens with zero attached hydrogens (tertiary/aromatic N) is 3. The molecule has 7 nitrogen and oxygen atoms in total. The standard InChI is InChI=1S/C21H27N3O4S/c1-4-24(5-2)29(26,27)19-9-7-17(8-10-19)21(25)23-13-12-18(15-23)28-20-11-6-16(3)14-22-20/h6-11,14,18H,4-5,12-13,15H2,1-3H3. The summed E-state index contributed by atoms with van der Waals surface area (Å²) in [6, 6.07) is 9.92. The van der Waals surface area contributed by atoms with Crippen LogP contribution in [-0.4, -0.2) is 60.8 Å². The maximum absolute atomic E-state index is 12.8. The van der Waals surface area contributed by atoms with Gasteiger partial charge in [0.15, 0.2) is 0 Å². The van der Waals surface area contributed by atoms with Crippen molar-refractivity contribution in [2.24, 2.45) is 0 Å². The third-order valence-electron chi connectivity index (χ3n) is 5.05. The fraction of sp³-hybridized carbons (Fsp3) is 0.429. The molecule has 8 heteroatoms. The summed E-state index contributed by atoms with van der Waals surface area (Å²) < 4.78 is 32.4. The van der Waals surface area contributed by atoms with E-state index in [0.717, 1.165) is 12.0 Å². The van der Waals surface area contributed by atoms with Crippen LogP contribution < -0.4 is 4.74 Å². The molecule has 0 aliphatic carbocycles. The highest BCUT2D eigenvalue weighted by Gasteiger charge is 2.29. The summed E-state index contributed by atoms with van der Waals surface area (Å²) in [4.78, 5) is 19.0. The molecule has 1 atom stereocenters. The molecule has 2 aromatic rings. The van der Waals surface area contributed by atoms with Crippen LogP contribution in [0, 0.1) is 6.92 Å². The van der Waals surface area contributed by atoms with Crippen LogP contribution in [-0.2, 0) is 10.0 Å². The molecule has 1 aliphatic heterocycles. The molecule has 0 radical (unpaired) electrons. The predicted molar refractivity (Wildman–Crippen MR) is 110 cm³/mol. The van der Waals surface area contributed by atoms with E-state index in [1.165, 1.54) is 16.4 Å². The van der Waals surface area contributed by atoms with E-state index in [1.54, 1.807) is 37.1 Å². The zero-order valence-electron chi connectivity index (χ0n) is 17.0. The number of likely N-dealkylation sites (tertiary alicyclic amines) is 1. The highest BCUT2D eigenvalue weighted by atomic mass is 32.2. The molecule has 1 saturated heterocycles. The lowest BCUT2D eigenvalue weighted by Crippen LogP contribution is -2.31. The molecule has 1 fully saturated rings. The Kier molecular flexibility index (Phi) is 6.54. The quantitative estimate of drug-likeness (QED) is 0.692. The number of sulfonamides is 1. The normalized spacial score (nSPS) is 17.0. The molecule has 1 aliphatic rings. The van der Waals surface area contributed by atoms with Gasteiger partial charge in [0, 0.05) is 43.9 Å². The Labute approximate surface area is 172 Å². The number of aromatic nitrogens is 1. The first-order valence-corrected chi connectivity index (χ1v) is 11.3. The largest absolute Gasteiger partial charge is 0.472 e. The highest BCUT2D eigenvalue weighted by molar-refractivity contribution is 7.89. The third kappa shape index (κ3) is 4.76.